The molecule has 0 fully saturated rings. The van der Waals surface area contributed by atoms with Crippen molar-refractivity contribution in [1.29, 1.82) is 0 Å². The number of benzene rings is 1. The zero-order chi connectivity index (χ0) is 19.3. The van der Waals surface area contributed by atoms with E-state index in [4.69, 9.17) is 0 Å². The van der Waals surface area contributed by atoms with Crippen LogP contribution in [0.2, 0.25) is 0 Å². The molecule has 0 aliphatic rings. The van der Waals surface area contributed by atoms with Crippen LogP contribution in [0.15, 0.2) is 71.9 Å². The number of carbonyl (C=O) groups excluding carboxylic acids is 1. The number of hydrogen-bond acceptors (Lipinski definition) is 4. The summed E-state index contributed by atoms with van der Waals surface area (Å²) in [6.45, 7) is 0.366. The minimum absolute atomic E-state index is 0.119. The number of aromatic nitrogens is 4. The molecule has 0 unspecified atom stereocenters. The number of para-hydroxylation sites is 1. The zero-order valence-corrected chi connectivity index (χ0v) is 15.1. The number of fused-ring (bicyclic) bond motifs is 1. The van der Waals surface area contributed by atoms with Crippen LogP contribution in [-0.2, 0) is 17.8 Å². The molecule has 4 rings (SSSR count). The average Bonchev–Trinajstić information content (AvgIpc) is 3.13. The van der Waals surface area contributed by atoms with Gasteiger partial charge < -0.3 is 10.3 Å². The summed E-state index contributed by atoms with van der Waals surface area (Å²) in [4.78, 5) is 31.5. The molecule has 0 atom stereocenters. The summed E-state index contributed by atoms with van der Waals surface area (Å²) >= 11 is 0. The maximum absolute atomic E-state index is 12.3. The number of aromatic amines is 1. The number of rotatable bonds is 6. The van der Waals surface area contributed by atoms with E-state index in [0.717, 1.165) is 22.0 Å². The number of H-pyrrole nitrogens is 1. The second-order valence-corrected chi connectivity index (χ2v) is 6.41. The maximum Gasteiger partial charge on any atom is 0.267 e. The summed E-state index contributed by atoms with van der Waals surface area (Å²) in [6, 6.07) is 14.7. The van der Waals surface area contributed by atoms with Crippen molar-refractivity contribution in [3.63, 3.8) is 0 Å². The molecule has 7 nitrogen and oxygen atoms in total. The van der Waals surface area contributed by atoms with Crippen molar-refractivity contribution in [2.45, 2.75) is 13.0 Å². The van der Waals surface area contributed by atoms with E-state index in [0.29, 0.717) is 18.7 Å². The highest BCUT2D eigenvalue weighted by atomic mass is 16.2. The van der Waals surface area contributed by atoms with Gasteiger partial charge in [0.25, 0.3) is 5.56 Å². The summed E-state index contributed by atoms with van der Waals surface area (Å²) in [5.74, 6) is -0.249. The molecule has 0 bridgehead atoms. The van der Waals surface area contributed by atoms with Crippen molar-refractivity contribution >= 4 is 16.8 Å². The van der Waals surface area contributed by atoms with Gasteiger partial charge in [-0.2, -0.15) is 5.10 Å². The van der Waals surface area contributed by atoms with Crippen LogP contribution < -0.4 is 10.9 Å². The monoisotopic (exact) mass is 373 g/mol. The Labute approximate surface area is 161 Å². The van der Waals surface area contributed by atoms with Crippen molar-refractivity contribution in [2.24, 2.45) is 0 Å². The van der Waals surface area contributed by atoms with Gasteiger partial charge in [-0.15, -0.1) is 0 Å². The Kier molecular flexibility index (Phi) is 4.97. The topological polar surface area (TPSA) is 92.7 Å². The number of nitrogens with one attached hydrogen (secondary N) is 2. The maximum atomic E-state index is 12.3. The highest BCUT2D eigenvalue weighted by molar-refractivity contribution is 5.83. The summed E-state index contributed by atoms with van der Waals surface area (Å²) in [6.07, 6.45) is 5.98. The molecule has 1 amide bonds. The van der Waals surface area contributed by atoms with Crippen LogP contribution in [0.25, 0.3) is 22.2 Å². The van der Waals surface area contributed by atoms with Crippen LogP contribution in [0.4, 0.5) is 0 Å². The predicted molar refractivity (Wildman–Crippen MR) is 107 cm³/mol. The van der Waals surface area contributed by atoms with Crippen molar-refractivity contribution in [2.75, 3.05) is 6.54 Å². The molecule has 7 heteroatoms. The fourth-order valence-corrected chi connectivity index (χ4v) is 3.11. The molecule has 0 spiro atoms. The van der Waals surface area contributed by atoms with Gasteiger partial charge in [0.15, 0.2) is 0 Å². The second kappa shape index (κ2) is 7.87. The Balaban J connectivity index is 1.39. The Hall–Kier alpha value is -3.74. The van der Waals surface area contributed by atoms with Gasteiger partial charge in [-0.3, -0.25) is 14.6 Å². The Morgan fingerprint density at radius 1 is 1.07 bits per heavy atom. The van der Waals surface area contributed by atoms with E-state index in [1.165, 1.54) is 10.7 Å². The van der Waals surface area contributed by atoms with E-state index in [-0.39, 0.29) is 18.0 Å². The lowest BCUT2D eigenvalue weighted by Gasteiger charge is -2.08. The molecular formula is C21H19N5O2. The van der Waals surface area contributed by atoms with E-state index < -0.39 is 0 Å². The molecule has 4 aromatic rings. The molecule has 28 heavy (non-hydrogen) atoms. The van der Waals surface area contributed by atoms with Gasteiger partial charge in [-0.05, 0) is 36.2 Å². The molecular weight excluding hydrogens is 354 g/mol. The van der Waals surface area contributed by atoms with Crippen LogP contribution in [-0.4, -0.2) is 32.2 Å². The van der Waals surface area contributed by atoms with Crippen LogP contribution >= 0.6 is 0 Å². The highest BCUT2D eigenvalue weighted by Crippen LogP contribution is 2.17. The number of amides is 1. The second-order valence-electron chi connectivity index (χ2n) is 6.41. The third-order valence-electron chi connectivity index (χ3n) is 4.53. The number of nitrogens with zero attached hydrogens (tertiary/aromatic N) is 3. The van der Waals surface area contributed by atoms with Crippen LogP contribution in [0.1, 0.15) is 5.56 Å². The minimum Gasteiger partial charge on any atom is -0.361 e. The molecule has 1 aromatic carbocycles. The first-order valence-electron chi connectivity index (χ1n) is 9.01. The molecule has 140 valence electrons. The van der Waals surface area contributed by atoms with Crippen molar-refractivity contribution in [3.05, 3.63) is 83.0 Å². The lowest BCUT2D eigenvalue weighted by Crippen LogP contribution is -2.34. The van der Waals surface area contributed by atoms with Crippen molar-refractivity contribution < 1.29 is 4.79 Å². The first kappa shape index (κ1) is 17.7. The zero-order valence-electron chi connectivity index (χ0n) is 15.1. The van der Waals surface area contributed by atoms with Gasteiger partial charge in [-0.25, -0.2) is 4.68 Å². The van der Waals surface area contributed by atoms with Gasteiger partial charge in [0, 0.05) is 47.7 Å². The largest absolute Gasteiger partial charge is 0.361 e. The summed E-state index contributed by atoms with van der Waals surface area (Å²) in [7, 11) is 0. The van der Waals surface area contributed by atoms with E-state index in [9.17, 15) is 9.59 Å². The van der Waals surface area contributed by atoms with Crippen LogP contribution in [0.5, 0.6) is 0 Å². The highest BCUT2D eigenvalue weighted by Gasteiger charge is 2.09. The minimum atomic E-state index is -0.315. The molecule has 3 heterocycles. The van der Waals surface area contributed by atoms with Crippen molar-refractivity contribution in [3.8, 4) is 11.3 Å². The molecule has 0 saturated heterocycles. The molecule has 0 aliphatic heterocycles. The first-order chi connectivity index (χ1) is 13.7. The smallest absolute Gasteiger partial charge is 0.267 e. The first-order valence-corrected chi connectivity index (χ1v) is 9.01. The third kappa shape index (κ3) is 3.83. The number of pyridine rings is 1. The van der Waals surface area contributed by atoms with Gasteiger partial charge in [0.1, 0.15) is 6.54 Å². The third-order valence-corrected chi connectivity index (χ3v) is 4.53. The Bertz CT molecular complexity index is 1160. The molecule has 0 saturated carbocycles. The SMILES string of the molecule is O=C(Cn1nc(-c2ccncc2)ccc1=O)NCCc1c[nH]c2ccccc12. The summed E-state index contributed by atoms with van der Waals surface area (Å²) in [5, 5.41) is 8.30. The number of hydrogen-bond donors (Lipinski definition) is 2. The lowest BCUT2D eigenvalue weighted by molar-refractivity contribution is -0.121. The quantitative estimate of drug-likeness (QED) is 0.542. The van der Waals surface area contributed by atoms with E-state index >= 15 is 0 Å². The van der Waals surface area contributed by atoms with E-state index in [1.54, 1.807) is 30.6 Å². The lowest BCUT2D eigenvalue weighted by atomic mass is 10.1. The van der Waals surface area contributed by atoms with Gasteiger partial charge in [0.05, 0.1) is 5.69 Å². The van der Waals surface area contributed by atoms with Crippen LogP contribution in [0.3, 0.4) is 0 Å². The molecule has 0 radical (unpaired) electrons. The molecule has 2 N–H and O–H groups in total. The van der Waals surface area contributed by atoms with Gasteiger partial charge in [-0.1, -0.05) is 18.2 Å². The van der Waals surface area contributed by atoms with Crippen molar-refractivity contribution in [1.82, 2.24) is 25.1 Å². The molecule has 0 aliphatic carbocycles. The predicted octanol–water partition coefficient (Wildman–Crippen LogP) is 2.15. The van der Waals surface area contributed by atoms with Gasteiger partial charge >= 0.3 is 0 Å². The fourth-order valence-electron chi connectivity index (χ4n) is 3.11. The Morgan fingerprint density at radius 2 is 1.89 bits per heavy atom. The molecule has 3 aromatic heterocycles. The summed E-state index contributed by atoms with van der Waals surface area (Å²) < 4.78 is 1.18. The van der Waals surface area contributed by atoms with Gasteiger partial charge in [0.2, 0.25) is 5.91 Å². The standard InChI is InChI=1S/C21H19N5O2/c27-20(23-12-9-16-13-24-19-4-2-1-3-17(16)19)14-26-21(28)6-5-18(25-26)15-7-10-22-11-8-15/h1-8,10-11,13,24H,9,12,14H2,(H,23,27). The van der Waals surface area contributed by atoms with E-state index in [2.05, 4.69) is 26.4 Å². The fraction of sp³-hybridized carbons (Fsp3) is 0.143. The average molecular weight is 373 g/mol. The number of carbonyl (C=O) groups is 1. The van der Waals surface area contributed by atoms with E-state index in [1.807, 2.05) is 24.4 Å². The summed E-state index contributed by atoms with van der Waals surface area (Å²) in [5.41, 5.74) is 3.36. The normalized spacial score (nSPS) is 10.9. The van der Waals surface area contributed by atoms with Crippen LogP contribution in [0, 0.1) is 0 Å². The Morgan fingerprint density at radius 3 is 2.75 bits per heavy atom.